The molecule has 4 N–H and O–H groups in total. The van der Waals surface area contributed by atoms with Crippen LogP contribution in [0.5, 0.6) is 5.75 Å². The van der Waals surface area contributed by atoms with E-state index < -0.39 is 17.2 Å². The number of nitrogens with one attached hydrogen (secondary N) is 2. The second kappa shape index (κ2) is 10.4. The van der Waals surface area contributed by atoms with Gasteiger partial charge in [-0.05, 0) is 54.8 Å². The summed E-state index contributed by atoms with van der Waals surface area (Å²) in [5, 5.41) is 21.5. The fourth-order valence-corrected chi connectivity index (χ4v) is 4.45. The zero-order valence-corrected chi connectivity index (χ0v) is 19.2. The van der Waals surface area contributed by atoms with E-state index in [9.17, 15) is 14.0 Å². The second-order valence-electron chi connectivity index (χ2n) is 7.62. The monoisotopic (exact) mass is 472 g/mol. The Morgan fingerprint density at radius 1 is 1.27 bits per heavy atom. The molecule has 3 rings (SSSR count). The summed E-state index contributed by atoms with van der Waals surface area (Å²) >= 11 is 1.21. The lowest BCUT2D eigenvalue weighted by atomic mass is 9.77. The van der Waals surface area contributed by atoms with Gasteiger partial charge in [-0.25, -0.2) is 9.18 Å². The number of carbonyl (C=O) groups excluding carboxylic acids is 2. The molecule has 0 saturated carbocycles. The van der Waals surface area contributed by atoms with Crippen molar-refractivity contribution in [1.29, 1.82) is 5.41 Å². The van der Waals surface area contributed by atoms with Gasteiger partial charge in [-0.3, -0.25) is 10.2 Å². The molecule has 0 spiro atoms. The molecule has 0 saturated heterocycles. The summed E-state index contributed by atoms with van der Waals surface area (Å²) in [6.07, 6.45) is 1.68. The summed E-state index contributed by atoms with van der Waals surface area (Å²) in [6.45, 7) is 4.60. The number of amidine groups is 1. The number of hydrogen-bond donors (Lipinski definition) is 3. The van der Waals surface area contributed by atoms with Crippen LogP contribution in [0.1, 0.15) is 46.8 Å². The molecule has 2 aromatic rings. The van der Waals surface area contributed by atoms with Crippen LogP contribution in [-0.2, 0) is 11.2 Å². The van der Waals surface area contributed by atoms with E-state index in [1.165, 1.54) is 23.5 Å². The van der Waals surface area contributed by atoms with Gasteiger partial charge < -0.3 is 15.8 Å². The summed E-state index contributed by atoms with van der Waals surface area (Å²) in [4.78, 5) is 26.7. The standard InChI is InChI=1S/C22H25FN6O3S/c1-3-22(4-2,21(31)26-11-14-12-27-29-28-14)10-15-6-8-18(33-15)20(30)32-17-7-5-13(19(24)25)9-16(17)23/h5-9H,3-4,10-12H2,1-2H3,(H3,24,25)(H,26,31). The first kappa shape index (κ1) is 24.2. The largest absolute Gasteiger partial charge is 0.419 e. The highest BCUT2D eigenvalue weighted by Gasteiger charge is 2.35. The van der Waals surface area contributed by atoms with Crippen LogP contribution in [0.3, 0.4) is 0 Å². The minimum Gasteiger partial charge on any atom is -0.419 e. The molecule has 1 aromatic heterocycles. The predicted octanol–water partition coefficient (Wildman–Crippen LogP) is 3.68. The molecule has 0 aliphatic carbocycles. The molecule has 0 bridgehead atoms. The van der Waals surface area contributed by atoms with Crippen LogP contribution in [0.25, 0.3) is 0 Å². The number of nitrogen functional groups attached to an aromatic ring is 1. The molecule has 0 atom stereocenters. The number of hydrogen-bond acceptors (Lipinski definition) is 8. The Bertz CT molecular complexity index is 1120. The topological polar surface area (TPSA) is 142 Å². The molecule has 0 unspecified atom stereocenters. The van der Waals surface area contributed by atoms with Gasteiger partial charge in [0, 0.05) is 10.4 Å². The van der Waals surface area contributed by atoms with E-state index in [0.29, 0.717) is 42.9 Å². The Labute approximate surface area is 194 Å². The highest BCUT2D eigenvalue weighted by Crippen LogP contribution is 2.34. The van der Waals surface area contributed by atoms with Gasteiger partial charge in [0.1, 0.15) is 17.3 Å². The summed E-state index contributed by atoms with van der Waals surface area (Å²) in [7, 11) is 0. The molecule has 2 heterocycles. The lowest BCUT2D eigenvalue weighted by Gasteiger charge is -2.30. The maximum Gasteiger partial charge on any atom is 0.353 e. The lowest BCUT2D eigenvalue weighted by Crippen LogP contribution is -2.43. The van der Waals surface area contributed by atoms with Crippen molar-refractivity contribution in [2.24, 2.45) is 26.6 Å². The average molecular weight is 473 g/mol. The third-order valence-electron chi connectivity index (χ3n) is 5.61. The van der Waals surface area contributed by atoms with Crippen LogP contribution >= 0.6 is 11.3 Å². The zero-order valence-electron chi connectivity index (χ0n) is 18.4. The molecule has 0 fully saturated rings. The average Bonchev–Trinajstić information content (AvgIpc) is 3.49. The van der Waals surface area contributed by atoms with Gasteiger partial charge in [0.05, 0.1) is 17.7 Å². The van der Waals surface area contributed by atoms with Gasteiger partial charge in [-0.1, -0.05) is 13.8 Å². The molecular weight excluding hydrogens is 447 g/mol. The van der Waals surface area contributed by atoms with E-state index in [2.05, 4.69) is 20.8 Å². The predicted molar refractivity (Wildman–Crippen MR) is 124 cm³/mol. The number of carbonyl (C=O) groups is 2. The molecule has 1 amide bonds. The first-order valence-electron chi connectivity index (χ1n) is 10.4. The van der Waals surface area contributed by atoms with Gasteiger partial charge in [0.25, 0.3) is 0 Å². The van der Waals surface area contributed by atoms with Crippen LogP contribution in [0.15, 0.2) is 45.8 Å². The zero-order chi connectivity index (χ0) is 24.0. The van der Waals surface area contributed by atoms with Crippen molar-refractivity contribution in [2.45, 2.75) is 33.1 Å². The first-order valence-corrected chi connectivity index (χ1v) is 11.2. The van der Waals surface area contributed by atoms with E-state index in [0.717, 1.165) is 10.9 Å². The number of halogens is 1. The molecule has 9 nitrogen and oxygen atoms in total. The highest BCUT2D eigenvalue weighted by molar-refractivity contribution is 7.14. The number of benzene rings is 1. The van der Waals surface area contributed by atoms with E-state index in [1.54, 1.807) is 12.1 Å². The van der Waals surface area contributed by atoms with Gasteiger partial charge in [0.2, 0.25) is 5.91 Å². The van der Waals surface area contributed by atoms with E-state index in [1.807, 2.05) is 13.8 Å². The second-order valence-corrected chi connectivity index (χ2v) is 8.78. The normalized spacial score (nSPS) is 13.0. The minimum atomic E-state index is -0.784. The maximum absolute atomic E-state index is 14.2. The molecule has 174 valence electrons. The van der Waals surface area contributed by atoms with Crippen molar-refractivity contribution in [3.63, 3.8) is 0 Å². The number of ether oxygens (including phenoxy) is 1. The van der Waals surface area contributed by atoms with Gasteiger partial charge in [0.15, 0.2) is 11.6 Å². The maximum atomic E-state index is 14.2. The number of nitrogens with zero attached hydrogens (tertiary/aromatic N) is 3. The Hall–Kier alpha value is -3.47. The summed E-state index contributed by atoms with van der Waals surface area (Å²) in [6, 6.07) is 7.09. The first-order chi connectivity index (χ1) is 15.8. The van der Waals surface area contributed by atoms with Gasteiger partial charge in [-0.2, -0.15) is 5.11 Å². The molecule has 33 heavy (non-hydrogen) atoms. The summed E-state index contributed by atoms with van der Waals surface area (Å²) < 4.78 is 19.4. The Kier molecular flexibility index (Phi) is 7.64. The Morgan fingerprint density at radius 2 is 2.03 bits per heavy atom. The highest BCUT2D eigenvalue weighted by atomic mass is 32.1. The molecule has 0 radical (unpaired) electrons. The third kappa shape index (κ3) is 5.67. The number of amides is 1. The summed E-state index contributed by atoms with van der Waals surface area (Å²) in [5.74, 6) is -2.10. The molecule has 1 aliphatic heterocycles. The van der Waals surface area contributed by atoms with Crippen molar-refractivity contribution in [1.82, 2.24) is 5.32 Å². The number of thiophene rings is 1. The lowest BCUT2D eigenvalue weighted by molar-refractivity contribution is -0.131. The van der Waals surface area contributed by atoms with E-state index >= 15 is 0 Å². The van der Waals surface area contributed by atoms with Crippen LogP contribution in [-0.4, -0.2) is 36.5 Å². The third-order valence-corrected chi connectivity index (χ3v) is 6.68. The SMILES string of the molecule is CCC(CC)(Cc1ccc(C(=O)Oc2ccc(C(=N)N)cc2F)s1)C(=O)NCC1=NN=NC1. The Balaban J connectivity index is 1.67. The summed E-state index contributed by atoms with van der Waals surface area (Å²) in [5.41, 5.74) is 5.60. The number of rotatable bonds is 10. The number of nitrogens with two attached hydrogens (primary N) is 1. The molecular formula is C22H25FN6O3S. The van der Waals surface area contributed by atoms with Gasteiger partial charge >= 0.3 is 5.97 Å². The fraction of sp³-hybridized carbons (Fsp3) is 0.364. The smallest absolute Gasteiger partial charge is 0.353 e. The Morgan fingerprint density at radius 3 is 2.64 bits per heavy atom. The van der Waals surface area contributed by atoms with Crippen LogP contribution in [0, 0.1) is 16.6 Å². The number of esters is 1. The van der Waals surface area contributed by atoms with Crippen LogP contribution < -0.4 is 15.8 Å². The van der Waals surface area contributed by atoms with Crippen molar-refractivity contribution in [2.75, 3.05) is 13.1 Å². The fourth-order valence-electron chi connectivity index (χ4n) is 3.42. The molecule has 1 aromatic carbocycles. The van der Waals surface area contributed by atoms with E-state index in [4.69, 9.17) is 15.9 Å². The molecule has 11 heteroatoms. The van der Waals surface area contributed by atoms with Crippen molar-refractivity contribution in [3.05, 3.63) is 51.5 Å². The molecule has 1 aliphatic rings. The van der Waals surface area contributed by atoms with Crippen molar-refractivity contribution >= 4 is 34.8 Å². The van der Waals surface area contributed by atoms with Crippen molar-refractivity contribution in [3.8, 4) is 5.75 Å². The van der Waals surface area contributed by atoms with Crippen LogP contribution in [0.4, 0.5) is 4.39 Å². The minimum absolute atomic E-state index is 0.0905. The van der Waals surface area contributed by atoms with Gasteiger partial charge in [-0.15, -0.1) is 16.4 Å². The van der Waals surface area contributed by atoms with E-state index in [-0.39, 0.29) is 23.1 Å². The quantitative estimate of drug-likeness (QED) is 0.210. The van der Waals surface area contributed by atoms with Crippen LogP contribution in [0.2, 0.25) is 0 Å². The van der Waals surface area contributed by atoms with Crippen molar-refractivity contribution < 1.29 is 18.7 Å².